The molecule has 0 aromatic rings. The molecule has 18 heavy (non-hydrogen) atoms. The second-order valence-corrected chi connectivity index (χ2v) is 11.5. The van der Waals surface area contributed by atoms with E-state index in [1.807, 2.05) is 20.6 Å². The third-order valence-electron chi connectivity index (χ3n) is 0.912. The molecule has 0 spiro atoms. The van der Waals surface area contributed by atoms with Crippen molar-refractivity contribution in [2.24, 2.45) is 0 Å². The van der Waals surface area contributed by atoms with Crippen LogP contribution in [0.15, 0.2) is 0 Å². The molecule has 0 rings (SSSR count). The van der Waals surface area contributed by atoms with Crippen molar-refractivity contribution >= 4 is 70.4 Å². The fourth-order valence-electron chi connectivity index (χ4n) is 0.363. The second-order valence-electron chi connectivity index (χ2n) is 2.24. The van der Waals surface area contributed by atoms with Crippen LogP contribution in [0.5, 0.6) is 0 Å². The first-order chi connectivity index (χ1) is 8.68. The van der Waals surface area contributed by atoms with Crippen molar-refractivity contribution in [1.29, 1.82) is 0 Å². The summed E-state index contributed by atoms with van der Waals surface area (Å²) in [6.07, 6.45) is 1.26. The van der Waals surface area contributed by atoms with E-state index < -0.39 is 8.60 Å². The molecule has 0 saturated heterocycles. The van der Waals surface area contributed by atoms with Gasteiger partial charge in [0.05, 0.1) is 6.61 Å². The number of ether oxygens (including phenoxy) is 1. The lowest BCUT2D eigenvalue weighted by molar-refractivity contribution is -0.219. The predicted octanol–water partition coefficient (Wildman–Crippen LogP) is 4.36. The summed E-state index contributed by atoms with van der Waals surface area (Å²) in [7, 11) is 7.82. The van der Waals surface area contributed by atoms with Crippen molar-refractivity contribution < 1.29 is 24.1 Å². The van der Waals surface area contributed by atoms with Gasteiger partial charge in [0.2, 0.25) is 0 Å². The molecule has 2 N–H and O–H groups in total. The molecule has 5 nitrogen and oxygen atoms in total. The third-order valence-corrected chi connectivity index (χ3v) is 10.4. The van der Waals surface area contributed by atoms with Gasteiger partial charge in [-0.1, -0.05) is 29.4 Å². The smallest absolute Gasteiger partial charge is 0.357 e. The number of hydrogen-bond donors (Lipinski definition) is 3. The summed E-state index contributed by atoms with van der Waals surface area (Å²) in [6, 6.07) is 0. The maximum absolute atomic E-state index is 8.08. The highest BCUT2D eigenvalue weighted by atomic mass is 33.9. The molecule has 0 aromatic heterocycles. The highest BCUT2D eigenvalue weighted by molar-refractivity contribution is 9.41. The topological polar surface area (TPSA) is 68.2 Å². The lowest BCUT2D eigenvalue weighted by atomic mass is 10.6. The van der Waals surface area contributed by atoms with Gasteiger partial charge in [-0.05, 0) is 45.7 Å². The van der Waals surface area contributed by atoms with Gasteiger partial charge in [0, 0.05) is 12.9 Å². The molecule has 0 fully saturated rings. The Morgan fingerprint density at radius 3 is 2.39 bits per heavy atom. The van der Waals surface area contributed by atoms with Crippen molar-refractivity contribution in [3.05, 3.63) is 0 Å². The van der Waals surface area contributed by atoms with Crippen LogP contribution in [0.1, 0.15) is 13.3 Å². The molecule has 0 aliphatic heterocycles. The highest BCUT2D eigenvalue weighted by Crippen LogP contribution is 2.49. The zero-order valence-corrected chi connectivity index (χ0v) is 15.8. The number of thiol groups is 1. The van der Waals surface area contributed by atoms with E-state index in [4.69, 9.17) is 9.79 Å². The van der Waals surface area contributed by atoms with Crippen molar-refractivity contribution in [3.63, 3.8) is 0 Å². The third kappa shape index (κ3) is 26.8. The Hall–Kier alpha value is 2.33. The minimum absolute atomic E-state index is 0.191. The van der Waals surface area contributed by atoms with Crippen molar-refractivity contribution in [2.45, 2.75) is 13.3 Å². The minimum atomic E-state index is -2.39. The fourth-order valence-corrected chi connectivity index (χ4v) is 9.40. The van der Waals surface area contributed by atoms with E-state index in [-0.39, 0.29) is 6.61 Å². The molecule has 0 heterocycles. The molecule has 0 amide bonds. The van der Waals surface area contributed by atoms with Gasteiger partial charge < -0.3 is 14.5 Å². The first kappa shape index (κ1) is 22.6. The zero-order valence-electron chi connectivity index (χ0n) is 9.88. The molecule has 112 valence electrons. The van der Waals surface area contributed by atoms with E-state index in [1.165, 1.54) is 29.1 Å². The first-order valence-corrected chi connectivity index (χ1v) is 13.1. The van der Waals surface area contributed by atoms with E-state index in [0.29, 0.717) is 6.61 Å². The summed E-state index contributed by atoms with van der Waals surface area (Å²) in [6.45, 7) is 2.75. The van der Waals surface area contributed by atoms with Crippen LogP contribution < -0.4 is 0 Å². The van der Waals surface area contributed by atoms with Crippen LogP contribution in [0.2, 0.25) is 0 Å². The van der Waals surface area contributed by atoms with Crippen molar-refractivity contribution in [1.82, 2.24) is 0 Å². The quantitative estimate of drug-likeness (QED) is 0.118. The minimum Gasteiger partial charge on any atom is -0.382 e. The Labute approximate surface area is 133 Å². The summed E-state index contributed by atoms with van der Waals surface area (Å²) in [4.78, 5) is 20.4. The summed E-state index contributed by atoms with van der Waals surface area (Å²) in [5.41, 5.74) is 0. The highest BCUT2D eigenvalue weighted by Gasteiger charge is 1.97. The average molecular weight is 393 g/mol. The van der Waals surface area contributed by atoms with Gasteiger partial charge in [-0.25, -0.2) is 4.89 Å². The average Bonchev–Trinajstić information content (AvgIpc) is 2.35. The molecular weight excluding hydrogens is 375 g/mol. The fraction of sp³-hybridized carbons (Fsp3) is 1.00. The normalized spacial score (nSPS) is 10.3. The van der Waals surface area contributed by atoms with E-state index >= 15 is 0 Å². The first-order valence-electron chi connectivity index (χ1n) is 4.58. The zero-order chi connectivity index (χ0) is 14.1. The Morgan fingerprint density at radius 2 is 1.89 bits per heavy atom. The summed E-state index contributed by atoms with van der Waals surface area (Å²) < 4.78 is 8.50. The SMILES string of the molecule is CCCSSSSSS.COCCOOP(O)O. The Kier molecular flexibility index (Phi) is 27.2. The van der Waals surface area contributed by atoms with Crippen LogP contribution in [0.25, 0.3) is 0 Å². The molecule has 12 heteroatoms. The van der Waals surface area contributed by atoms with E-state index in [0.717, 1.165) is 0 Å². The number of methoxy groups -OCH3 is 1. The van der Waals surface area contributed by atoms with E-state index in [2.05, 4.69) is 32.9 Å². The van der Waals surface area contributed by atoms with Crippen LogP contribution in [-0.2, 0) is 14.3 Å². The van der Waals surface area contributed by atoms with Gasteiger partial charge in [-0.2, -0.15) is 4.67 Å². The molecule has 0 aliphatic rings. The standard InChI is InChI=1S/C3H9O5P.C3H8S6/c1-6-2-3-7-8-9(4)5;1-2-3-5-7-9-8-6-4/h4-5H,2-3H2,1H3;4H,2-3H2,1H3. The van der Waals surface area contributed by atoms with E-state index in [1.54, 1.807) is 19.7 Å². The second kappa shape index (κ2) is 21.6. The van der Waals surface area contributed by atoms with E-state index in [9.17, 15) is 0 Å². The van der Waals surface area contributed by atoms with Crippen LogP contribution in [0, 0.1) is 0 Å². The van der Waals surface area contributed by atoms with Crippen LogP contribution >= 0.6 is 70.4 Å². The Balaban J connectivity index is 0. The molecule has 0 saturated carbocycles. The molecule has 0 bridgehead atoms. The lowest BCUT2D eigenvalue weighted by Gasteiger charge is -2.01. The molecule has 0 unspecified atom stereocenters. The molecular formula is C6H17O5PS6. The lowest BCUT2D eigenvalue weighted by Crippen LogP contribution is -1.99. The maximum atomic E-state index is 8.08. The van der Waals surface area contributed by atoms with Gasteiger partial charge in [0.1, 0.15) is 6.61 Å². The molecule has 0 aliphatic carbocycles. The largest absolute Gasteiger partial charge is 0.382 e. The summed E-state index contributed by atoms with van der Waals surface area (Å²) in [5.74, 6) is 1.25. The monoisotopic (exact) mass is 392 g/mol. The number of rotatable bonds is 11. The van der Waals surface area contributed by atoms with Crippen molar-refractivity contribution in [3.8, 4) is 0 Å². The van der Waals surface area contributed by atoms with Gasteiger partial charge in [-0.15, -0.1) is 0 Å². The summed E-state index contributed by atoms with van der Waals surface area (Å²) in [5, 5.41) is 0. The Morgan fingerprint density at radius 1 is 1.17 bits per heavy atom. The van der Waals surface area contributed by atoms with Crippen LogP contribution in [0.4, 0.5) is 0 Å². The maximum Gasteiger partial charge on any atom is 0.357 e. The van der Waals surface area contributed by atoms with Crippen LogP contribution in [-0.4, -0.2) is 35.9 Å². The van der Waals surface area contributed by atoms with Crippen LogP contribution in [0.3, 0.4) is 0 Å². The summed E-state index contributed by atoms with van der Waals surface area (Å²) >= 11 is 3.98. The molecule has 0 atom stereocenters. The van der Waals surface area contributed by atoms with Gasteiger partial charge >= 0.3 is 8.60 Å². The van der Waals surface area contributed by atoms with Gasteiger partial charge in [0.15, 0.2) is 0 Å². The number of hydrogen-bond acceptors (Lipinski definition) is 11. The predicted molar refractivity (Wildman–Crippen MR) is 92.4 cm³/mol. The van der Waals surface area contributed by atoms with Gasteiger partial charge in [0.25, 0.3) is 0 Å². The van der Waals surface area contributed by atoms with Gasteiger partial charge in [-0.3, -0.25) is 0 Å². The Bertz CT molecular complexity index is 142. The molecule has 0 aromatic carbocycles. The van der Waals surface area contributed by atoms with Crippen molar-refractivity contribution in [2.75, 3.05) is 26.1 Å². The molecule has 0 radical (unpaired) electrons.